The van der Waals surface area contributed by atoms with E-state index in [1.165, 1.54) is 6.07 Å². The molecule has 23 heavy (non-hydrogen) atoms. The number of nitrogen functional groups attached to an aromatic ring is 1. The Kier molecular flexibility index (Phi) is 3.63. The van der Waals surface area contributed by atoms with Gasteiger partial charge in [0.2, 0.25) is 5.91 Å². The van der Waals surface area contributed by atoms with E-state index in [0.29, 0.717) is 13.0 Å². The lowest BCUT2D eigenvalue weighted by Gasteiger charge is -2.34. The number of nitrogens with zero attached hydrogens (tertiary/aromatic N) is 2. The Balaban J connectivity index is 1.96. The molecule has 120 valence electrons. The van der Waals surface area contributed by atoms with Gasteiger partial charge in [-0.25, -0.2) is 0 Å². The van der Waals surface area contributed by atoms with Crippen LogP contribution in [0.25, 0.3) is 0 Å². The number of imide groups is 2. The summed E-state index contributed by atoms with van der Waals surface area (Å²) < 4.78 is 0. The van der Waals surface area contributed by atoms with Crippen LogP contribution in [0.2, 0.25) is 0 Å². The van der Waals surface area contributed by atoms with Gasteiger partial charge in [-0.2, -0.15) is 0 Å². The molecule has 0 saturated carbocycles. The maximum atomic E-state index is 12.6. The van der Waals surface area contributed by atoms with Gasteiger partial charge in [0.1, 0.15) is 6.04 Å². The van der Waals surface area contributed by atoms with E-state index in [1.54, 1.807) is 12.1 Å². The first kappa shape index (κ1) is 15.2. The van der Waals surface area contributed by atoms with Crippen molar-refractivity contribution >= 4 is 29.3 Å². The standard InChI is InChI=1S/C16H17N3O4/c1-2-8-18-12(20)7-6-11(15(18)22)19-14(21)9-4-3-5-10(17)13(9)16(19)23/h3-5,11H,2,6-8,17H2,1H3. The molecule has 0 bridgehead atoms. The summed E-state index contributed by atoms with van der Waals surface area (Å²) in [4.78, 5) is 51.7. The largest absolute Gasteiger partial charge is 0.398 e. The summed E-state index contributed by atoms with van der Waals surface area (Å²) in [5.74, 6) is -1.84. The van der Waals surface area contributed by atoms with Crippen molar-refractivity contribution in [3.05, 3.63) is 29.3 Å². The Hall–Kier alpha value is -2.70. The minimum Gasteiger partial charge on any atom is -0.398 e. The average molecular weight is 315 g/mol. The first-order valence-corrected chi connectivity index (χ1v) is 7.58. The number of carbonyl (C=O) groups excluding carboxylic acids is 4. The summed E-state index contributed by atoms with van der Waals surface area (Å²) in [6.45, 7) is 2.15. The van der Waals surface area contributed by atoms with E-state index in [1.807, 2.05) is 6.92 Å². The topological polar surface area (TPSA) is 101 Å². The average Bonchev–Trinajstić information content (AvgIpc) is 2.77. The van der Waals surface area contributed by atoms with Gasteiger partial charge in [0.05, 0.1) is 11.1 Å². The van der Waals surface area contributed by atoms with E-state index in [9.17, 15) is 19.2 Å². The van der Waals surface area contributed by atoms with Crippen LogP contribution in [0.15, 0.2) is 18.2 Å². The molecule has 1 aromatic rings. The summed E-state index contributed by atoms with van der Waals surface area (Å²) in [7, 11) is 0. The smallest absolute Gasteiger partial charge is 0.264 e. The van der Waals surface area contributed by atoms with E-state index >= 15 is 0 Å². The van der Waals surface area contributed by atoms with Crippen molar-refractivity contribution in [3.63, 3.8) is 0 Å². The SMILES string of the molecule is CCCN1C(=O)CCC(N2C(=O)c3cccc(N)c3C2=O)C1=O. The number of rotatable bonds is 3. The van der Waals surface area contributed by atoms with Gasteiger partial charge >= 0.3 is 0 Å². The number of nitrogens with two attached hydrogens (primary N) is 1. The second kappa shape index (κ2) is 5.49. The van der Waals surface area contributed by atoms with Crippen molar-refractivity contribution in [1.82, 2.24) is 9.80 Å². The van der Waals surface area contributed by atoms with Crippen LogP contribution < -0.4 is 5.73 Å². The van der Waals surface area contributed by atoms with Crippen LogP contribution in [0.1, 0.15) is 46.9 Å². The van der Waals surface area contributed by atoms with Gasteiger partial charge in [0, 0.05) is 18.7 Å². The van der Waals surface area contributed by atoms with Crippen LogP contribution in [-0.2, 0) is 9.59 Å². The van der Waals surface area contributed by atoms with Crippen molar-refractivity contribution in [2.45, 2.75) is 32.2 Å². The molecule has 0 aromatic heterocycles. The highest BCUT2D eigenvalue weighted by Gasteiger charge is 2.47. The summed E-state index contributed by atoms with van der Waals surface area (Å²) >= 11 is 0. The third kappa shape index (κ3) is 2.19. The van der Waals surface area contributed by atoms with E-state index in [0.717, 1.165) is 9.80 Å². The van der Waals surface area contributed by atoms with Crippen LogP contribution in [0.5, 0.6) is 0 Å². The number of hydrogen-bond donors (Lipinski definition) is 1. The molecule has 3 rings (SSSR count). The molecule has 2 aliphatic rings. The number of benzene rings is 1. The molecule has 0 spiro atoms. The molecule has 4 amide bonds. The molecule has 2 aliphatic heterocycles. The number of anilines is 1. The van der Waals surface area contributed by atoms with Crippen molar-refractivity contribution in [2.75, 3.05) is 12.3 Å². The Morgan fingerprint density at radius 3 is 2.57 bits per heavy atom. The first-order valence-electron chi connectivity index (χ1n) is 7.58. The van der Waals surface area contributed by atoms with E-state index in [2.05, 4.69) is 0 Å². The zero-order valence-electron chi connectivity index (χ0n) is 12.7. The van der Waals surface area contributed by atoms with Gasteiger partial charge in [-0.05, 0) is 25.0 Å². The predicted molar refractivity (Wildman–Crippen MR) is 81.4 cm³/mol. The lowest BCUT2D eigenvalue weighted by atomic mass is 10.0. The van der Waals surface area contributed by atoms with Gasteiger partial charge in [-0.1, -0.05) is 13.0 Å². The highest BCUT2D eigenvalue weighted by molar-refractivity contribution is 6.25. The van der Waals surface area contributed by atoms with Crippen molar-refractivity contribution in [3.8, 4) is 0 Å². The Labute approximate surface area is 133 Å². The van der Waals surface area contributed by atoms with Crippen LogP contribution in [0.4, 0.5) is 5.69 Å². The molecule has 2 N–H and O–H groups in total. The minimum atomic E-state index is -0.939. The number of likely N-dealkylation sites (tertiary alicyclic amines) is 1. The fourth-order valence-electron chi connectivity index (χ4n) is 3.13. The maximum absolute atomic E-state index is 12.6. The molecule has 1 atom stereocenters. The Bertz CT molecular complexity index is 728. The van der Waals surface area contributed by atoms with Crippen molar-refractivity contribution in [2.24, 2.45) is 0 Å². The van der Waals surface area contributed by atoms with Gasteiger partial charge < -0.3 is 5.73 Å². The number of fused-ring (bicyclic) bond motifs is 1. The van der Waals surface area contributed by atoms with Crippen LogP contribution in [0, 0.1) is 0 Å². The second-order valence-corrected chi connectivity index (χ2v) is 5.69. The zero-order valence-corrected chi connectivity index (χ0v) is 12.7. The molecule has 1 saturated heterocycles. The van der Waals surface area contributed by atoms with Crippen molar-refractivity contribution < 1.29 is 19.2 Å². The van der Waals surface area contributed by atoms with Gasteiger partial charge in [-0.15, -0.1) is 0 Å². The van der Waals surface area contributed by atoms with Gasteiger partial charge in [0.25, 0.3) is 17.7 Å². The molecule has 0 aliphatic carbocycles. The normalized spacial score (nSPS) is 21.2. The quantitative estimate of drug-likeness (QED) is 0.656. The molecule has 7 nitrogen and oxygen atoms in total. The number of hydrogen-bond acceptors (Lipinski definition) is 5. The minimum absolute atomic E-state index is 0.138. The molecule has 1 fully saturated rings. The highest BCUT2D eigenvalue weighted by Crippen LogP contribution is 2.31. The fraction of sp³-hybridized carbons (Fsp3) is 0.375. The lowest BCUT2D eigenvalue weighted by Crippen LogP contribution is -2.56. The highest BCUT2D eigenvalue weighted by atomic mass is 16.2. The third-order valence-corrected chi connectivity index (χ3v) is 4.22. The fourth-order valence-corrected chi connectivity index (χ4v) is 3.13. The third-order valence-electron chi connectivity index (χ3n) is 4.22. The van der Waals surface area contributed by atoms with E-state index in [4.69, 9.17) is 5.73 Å². The van der Waals surface area contributed by atoms with Crippen LogP contribution in [0.3, 0.4) is 0 Å². The second-order valence-electron chi connectivity index (χ2n) is 5.69. The molecule has 1 aromatic carbocycles. The molecular formula is C16H17N3O4. The molecule has 1 unspecified atom stereocenters. The zero-order chi connectivity index (χ0) is 16.7. The molecule has 7 heteroatoms. The summed E-state index contributed by atoms with van der Waals surface area (Å²) in [5.41, 5.74) is 6.37. The Morgan fingerprint density at radius 2 is 1.91 bits per heavy atom. The molecular weight excluding hydrogens is 298 g/mol. The van der Waals surface area contributed by atoms with Gasteiger partial charge in [-0.3, -0.25) is 29.0 Å². The number of amides is 4. The monoisotopic (exact) mass is 315 g/mol. The number of piperidine rings is 1. The van der Waals surface area contributed by atoms with E-state index < -0.39 is 23.8 Å². The van der Waals surface area contributed by atoms with Crippen molar-refractivity contribution in [1.29, 1.82) is 0 Å². The van der Waals surface area contributed by atoms with Crippen LogP contribution in [-0.4, -0.2) is 46.0 Å². The molecule has 0 radical (unpaired) electrons. The van der Waals surface area contributed by atoms with Gasteiger partial charge in [0.15, 0.2) is 0 Å². The first-order chi connectivity index (χ1) is 11.0. The lowest BCUT2D eigenvalue weighted by molar-refractivity contribution is -0.151. The number of carbonyl (C=O) groups is 4. The summed E-state index contributed by atoms with van der Waals surface area (Å²) in [6.07, 6.45) is 0.918. The Morgan fingerprint density at radius 1 is 1.17 bits per heavy atom. The van der Waals surface area contributed by atoms with Crippen LogP contribution >= 0.6 is 0 Å². The predicted octanol–water partition coefficient (Wildman–Crippen LogP) is 0.792. The summed E-state index contributed by atoms with van der Waals surface area (Å²) in [6, 6.07) is 3.72. The molecule has 2 heterocycles. The summed E-state index contributed by atoms with van der Waals surface area (Å²) in [5, 5.41) is 0. The van der Waals surface area contributed by atoms with E-state index in [-0.39, 0.29) is 35.6 Å². The maximum Gasteiger partial charge on any atom is 0.264 e.